The Morgan fingerprint density at radius 3 is 2.75 bits per heavy atom. The van der Waals surface area contributed by atoms with Crippen molar-refractivity contribution in [1.29, 1.82) is 0 Å². The summed E-state index contributed by atoms with van der Waals surface area (Å²) in [4.78, 5) is 0. The van der Waals surface area contributed by atoms with Crippen LogP contribution in [0.1, 0.15) is 18.3 Å². The molecular formula is C10H11BrN4O. The summed E-state index contributed by atoms with van der Waals surface area (Å²) in [5.41, 5.74) is 8.19. The van der Waals surface area contributed by atoms with E-state index in [-0.39, 0.29) is 0 Å². The summed E-state index contributed by atoms with van der Waals surface area (Å²) in [5, 5.41) is 11.8. The van der Waals surface area contributed by atoms with Gasteiger partial charge in [-0.15, -0.1) is 0 Å². The second-order valence-corrected chi connectivity index (χ2v) is 4.20. The molecule has 84 valence electrons. The number of hydrogen-bond acceptors (Lipinski definition) is 5. The third kappa shape index (κ3) is 1.80. The van der Waals surface area contributed by atoms with E-state index in [1.165, 1.54) is 0 Å². The quantitative estimate of drug-likeness (QED) is 0.915. The number of halogens is 1. The number of nitrogens with two attached hydrogens (primary N) is 1. The first-order valence-corrected chi connectivity index (χ1v) is 5.67. The molecule has 0 radical (unpaired) electrons. The van der Waals surface area contributed by atoms with Gasteiger partial charge in [0.2, 0.25) is 0 Å². The molecule has 16 heavy (non-hydrogen) atoms. The maximum Gasteiger partial charge on any atom is 0.185 e. The van der Waals surface area contributed by atoms with Crippen molar-refractivity contribution < 1.29 is 4.52 Å². The van der Waals surface area contributed by atoms with Crippen molar-refractivity contribution in [1.82, 2.24) is 15.4 Å². The third-order valence-corrected chi connectivity index (χ3v) is 3.00. The molecule has 0 fully saturated rings. The Labute approximate surface area is 101 Å². The van der Waals surface area contributed by atoms with E-state index < -0.39 is 0 Å². The molecule has 0 saturated heterocycles. The van der Waals surface area contributed by atoms with Crippen molar-refractivity contribution in [2.75, 3.05) is 5.73 Å². The van der Waals surface area contributed by atoms with Gasteiger partial charge in [0.15, 0.2) is 11.6 Å². The average Bonchev–Trinajstić information content (AvgIpc) is 2.60. The van der Waals surface area contributed by atoms with E-state index in [1.54, 1.807) is 0 Å². The topological polar surface area (TPSA) is 77.8 Å². The summed E-state index contributed by atoms with van der Waals surface area (Å²) in [6.07, 6.45) is 0.773. The molecule has 0 aliphatic rings. The Kier molecular flexibility index (Phi) is 2.91. The average molecular weight is 283 g/mol. The second-order valence-electron chi connectivity index (χ2n) is 3.41. The summed E-state index contributed by atoms with van der Waals surface area (Å²) >= 11 is 3.35. The first-order valence-electron chi connectivity index (χ1n) is 4.87. The molecule has 0 atom stereocenters. The van der Waals surface area contributed by atoms with Gasteiger partial charge in [-0.1, -0.05) is 12.1 Å². The second kappa shape index (κ2) is 4.21. The molecule has 0 bridgehead atoms. The van der Waals surface area contributed by atoms with Crippen molar-refractivity contribution in [3.8, 4) is 11.3 Å². The summed E-state index contributed by atoms with van der Waals surface area (Å²) < 4.78 is 5.85. The van der Waals surface area contributed by atoms with Gasteiger partial charge in [-0.25, -0.2) is 0 Å². The molecule has 0 aliphatic carbocycles. The highest BCUT2D eigenvalue weighted by Gasteiger charge is 2.17. The number of nitrogen functional groups attached to an aromatic ring is 1. The lowest BCUT2D eigenvalue weighted by atomic mass is 10.1. The van der Waals surface area contributed by atoms with Gasteiger partial charge < -0.3 is 10.3 Å². The fraction of sp³-hybridized carbons (Fsp3) is 0.300. The van der Waals surface area contributed by atoms with E-state index in [9.17, 15) is 0 Å². The van der Waals surface area contributed by atoms with E-state index in [2.05, 4.69) is 31.3 Å². The van der Waals surface area contributed by atoms with Crippen LogP contribution in [-0.2, 0) is 6.42 Å². The first-order chi connectivity index (χ1) is 7.63. The number of hydrogen-bond donors (Lipinski definition) is 1. The Balaban J connectivity index is 2.62. The van der Waals surface area contributed by atoms with Crippen LogP contribution < -0.4 is 5.73 Å². The van der Waals surface area contributed by atoms with E-state index in [4.69, 9.17) is 10.3 Å². The number of aromatic nitrogens is 3. The Morgan fingerprint density at radius 2 is 2.19 bits per heavy atom. The lowest BCUT2D eigenvalue weighted by molar-refractivity contribution is 0.434. The van der Waals surface area contributed by atoms with E-state index in [0.29, 0.717) is 16.1 Å². The maximum absolute atomic E-state index is 5.62. The molecule has 2 aromatic heterocycles. The normalized spacial score (nSPS) is 10.7. The molecule has 2 N–H and O–H groups in total. The molecule has 0 saturated carbocycles. The predicted molar refractivity (Wildman–Crippen MR) is 63.8 cm³/mol. The SMILES string of the molecule is CCc1nnc(C)cc1-c1onc(N)c1Br. The van der Waals surface area contributed by atoms with E-state index in [0.717, 1.165) is 23.4 Å². The number of rotatable bonds is 2. The third-order valence-electron chi connectivity index (χ3n) is 2.23. The Hall–Kier alpha value is -1.43. The minimum Gasteiger partial charge on any atom is -0.380 e. The van der Waals surface area contributed by atoms with Crippen LogP contribution in [0, 0.1) is 6.92 Å². The fourth-order valence-electron chi connectivity index (χ4n) is 1.43. The van der Waals surface area contributed by atoms with Gasteiger partial charge in [0.25, 0.3) is 0 Å². The Morgan fingerprint density at radius 1 is 1.44 bits per heavy atom. The standard InChI is InChI=1S/C10H11BrN4O/c1-3-7-6(4-5(2)13-14-7)9-8(11)10(12)15-16-9/h4H,3H2,1-2H3,(H2,12,15). The molecule has 0 amide bonds. The molecule has 2 rings (SSSR count). The molecule has 2 heterocycles. The van der Waals surface area contributed by atoms with Crippen LogP contribution in [-0.4, -0.2) is 15.4 Å². The molecule has 6 heteroatoms. The smallest absolute Gasteiger partial charge is 0.185 e. The zero-order valence-electron chi connectivity index (χ0n) is 8.99. The van der Waals surface area contributed by atoms with Gasteiger partial charge >= 0.3 is 0 Å². The Bertz CT molecular complexity index is 524. The van der Waals surface area contributed by atoms with Crippen LogP contribution in [0.5, 0.6) is 0 Å². The van der Waals surface area contributed by atoms with Crippen molar-refractivity contribution in [2.45, 2.75) is 20.3 Å². The highest BCUT2D eigenvalue weighted by molar-refractivity contribution is 9.10. The van der Waals surface area contributed by atoms with Gasteiger partial charge in [0.1, 0.15) is 4.47 Å². The van der Waals surface area contributed by atoms with Crippen LogP contribution in [0.3, 0.4) is 0 Å². The molecule has 0 aliphatic heterocycles. The van der Waals surface area contributed by atoms with Crippen molar-refractivity contribution in [2.24, 2.45) is 0 Å². The minimum atomic E-state index is 0.339. The molecular weight excluding hydrogens is 272 g/mol. The molecule has 0 aromatic carbocycles. The van der Waals surface area contributed by atoms with Crippen molar-refractivity contribution in [3.63, 3.8) is 0 Å². The highest BCUT2D eigenvalue weighted by Crippen LogP contribution is 2.34. The number of aryl methyl sites for hydroxylation is 2. The van der Waals surface area contributed by atoms with Crippen LogP contribution in [0.2, 0.25) is 0 Å². The summed E-state index contributed by atoms with van der Waals surface area (Å²) in [6, 6.07) is 1.91. The van der Waals surface area contributed by atoms with E-state index >= 15 is 0 Å². The van der Waals surface area contributed by atoms with Gasteiger partial charge in [0, 0.05) is 5.56 Å². The monoisotopic (exact) mass is 282 g/mol. The maximum atomic E-state index is 5.62. The molecule has 5 nitrogen and oxygen atoms in total. The van der Waals surface area contributed by atoms with Crippen LogP contribution in [0.25, 0.3) is 11.3 Å². The summed E-state index contributed by atoms with van der Waals surface area (Å²) in [7, 11) is 0. The van der Waals surface area contributed by atoms with Gasteiger partial charge in [-0.3, -0.25) is 0 Å². The predicted octanol–water partition coefficient (Wildman–Crippen LogP) is 2.35. The van der Waals surface area contributed by atoms with Crippen LogP contribution >= 0.6 is 15.9 Å². The van der Waals surface area contributed by atoms with Crippen molar-refractivity contribution in [3.05, 3.63) is 21.9 Å². The molecule has 0 unspecified atom stereocenters. The first kappa shape index (κ1) is 11.1. The van der Waals surface area contributed by atoms with Crippen LogP contribution in [0.4, 0.5) is 5.82 Å². The summed E-state index contributed by atoms with van der Waals surface area (Å²) in [6.45, 7) is 3.89. The number of anilines is 1. The molecule has 2 aromatic rings. The van der Waals surface area contributed by atoms with Gasteiger partial charge in [0.05, 0.1) is 11.4 Å². The lowest BCUT2D eigenvalue weighted by Crippen LogP contribution is -1.97. The highest BCUT2D eigenvalue weighted by atomic mass is 79.9. The summed E-state index contributed by atoms with van der Waals surface area (Å²) in [5.74, 6) is 0.943. The largest absolute Gasteiger partial charge is 0.380 e. The fourth-order valence-corrected chi connectivity index (χ4v) is 1.79. The van der Waals surface area contributed by atoms with Crippen molar-refractivity contribution >= 4 is 21.7 Å². The lowest BCUT2D eigenvalue weighted by Gasteiger charge is -2.03. The van der Waals surface area contributed by atoms with Crippen LogP contribution in [0.15, 0.2) is 15.1 Å². The van der Waals surface area contributed by atoms with E-state index in [1.807, 2.05) is 19.9 Å². The minimum absolute atomic E-state index is 0.339. The van der Waals surface area contributed by atoms with Gasteiger partial charge in [-0.05, 0) is 35.3 Å². The number of nitrogens with zero attached hydrogens (tertiary/aromatic N) is 3. The van der Waals surface area contributed by atoms with Gasteiger partial charge in [-0.2, -0.15) is 10.2 Å². The molecule has 0 spiro atoms. The zero-order valence-corrected chi connectivity index (χ0v) is 10.6. The zero-order chi connectivity index (χ0) is 11.7.